The van der Waals surface area contributed by atoms with E-state index < -0.39 is 0 Å². The fourth-order valence-electron chi connectivity index (χ4n) is 0.321. The van der Waals surface area contributed by atoms with E-state index in [1.807, 2.05) is 51.9 Å². The van der Waals surface area contributed by atoms with Crippen LogP contribution in [-0.4, -0.2) is 26.0 Å². The van der Waals surface area contributed by atoms with Gasteiger partial charge in [-0.1, -0.05) is 0 Å². The van der Waals surface area contributed by atoms with Crippen molar-refractivity contribution in [2.75, 3.05) is 20.0 Å². The molecule has 0 aliphatic heterocycles. The van der Waals surface area contributed by atoms with Crippen molar-refractivity contribution in [3.8, 4) is 0 Å². The molecule has 1 rings (SSSR count). The second-order valence-electron chi connectivity index (χ2n) is 2.94. The Balaban J connectivity index is -0.000000148. The third-order valence-corrected chi connectivity index (χ3v) is 0.759. The predicted molar refractivity (Wildman–Crippen MR) is 77.3 cm³/mol. The topological polar surface area (TPSA) is 26.3 Å². The molecule has 0 aromatic heterocycles. The second kappa shape index (κ2) is 21.5. The summed E-state index contributed by atoms with van der Waals surface area (Å²) in [6.07, 6.45) is 10.0. The Kier molecular flexibility index (Phi) is 30.2. The predicted octanol–water partition coefficient (Wildman–Crippen LogP) is 3.60. The molecular weight excluding hydrogens is 425 g/mol. The molecule has 95 valence electrons. The van der Waals surface area contributed by atoms with Gasteiger partial charge in [-0.25, -0.2) is 0 Å². The van der Waals surface area contributed by atoms with Crippen molar-refractivity contribution in [3.05, 3.63) is 39.2 Å². The number of ether oxygens (including phenoxy) is 1. The van der Waals surface area contributed by atoms with Crippen LogP contribution in [0.5, 0.6) is 0 Å². The summed E-state index contributed by atoms with van der Waals surface area (Å²) in [5.41, 5.74) is 0. The molecule has 0 aromatic carbocycles. The monoisotopic (exact) mass is 444 g/mol. The quantitative estimate of drug-likeness (QED) is 0.188. The maximum atomic E-state index is 9.53. The molecule has 1 aliphatic rings. The van der Waals surface area contributed by atoms with E-state index in [0.717, 1.165) is 0 Å². The number of halogens is 1. The number of hydrogen-bond donors (Lipinski definition) is 0. The molecule has 0 aromatic rings. The minimum absolute atomic E-state index is 0.356. The first-order valence-corrected chi connectivity index (χ1v) is 11.9. The van der Waals surface area contributed by atoms with Crippen molar-refractivity contribution < 1.29 is 24.3 Å². The van der Waals surface area contributed by atoms with Crippen LogP contribution in [0.4, 0.5) is 0 Å². The van der Waals surface area contributed by atoms with Gasteiger partial charge in [0.25, 0.3) is 5.97 Å². The van der Waals surface area contributed by atoms with Gasteiger partial charge in [0.2, 0.25) is 0 Å². The van der Waals surface area contributed by atoms with E-state index in [1.54, 1.807) is 0 Å². The molecule has 1 aliphatic carbocycles. The van der Waals surface area contributed by atoms with Gasteiger partial charge in [0.15, 0.2) is 0 Å². The van der Waals surface area contributed by atoms with Gasteiger partial charge in [-0.15, -0.1) is 7.92 Å². The summed E-state index contributed by atoms with van der Waals surface area (Å²) >= 11 is 4.56. The van der Waals surface area contributed by atoms with Crippen LogP contribution >= 0.6 is 27.7 Å². The van der Waals surface area contributed by atoms with Crippen LogP contribution in [0.15, 0.2) is 0 Å². The van der Waals surface area contributed by atoms with E-state index in [-0.39, 0.29) is 5.97 Å². The molecular formula is C11H19IO2PRh+. The number of rotatable bonds is 0. The third kappa shape index (κ3) is 45.5. The molecule has 5 heteroatoms. The van der Waals surface area contributed by atoms with Crippen molar-refractivity contribution >= 4 is 33.6 Å². The molecule has 2 nitrogen and oxygen atoms in total. The molecule has 5 radical (unpaired) electrons. The SMILES string of the molecule is CP(C)C.[CH2-]OC(C)=O.[CH]1[CH][CH][CH][CH]1.[Rh+2][I]. The van der Waals surface area contributed by atoms with Crippen molar-refractivity contribution in [2.24, 2.45) is 0 Å². The van der Waals surface area contributed by atoms with Crippen LogP contribution in [0.2, 0.25) is 0 Å². The Morgan fingerprint density at radius 2 is 1.25 bits per heavy atom. The Morgan fingerprint density at radius 3 is 1.31 bits per heavy atom. The standard InChI is InChI=1S/C5H5.C3H5O2.C3H9P.HI.Rh/c1-2-4-5-3-1;1-3(4)5-2;1-4(2)3;;/h1-5H;2H2,1H3;1-3H3;1H;/q;-1;;;+3/p-1. The maximum absolute atomic E-state index is 9.53. The van der Waals surface area contributed by atoms with E-state index in [4.69, 9.17) is 0 Å². The normalized spacial score (nSPS) is 12.2. The van der Waals surface area contributed by atoms with Crippen LogP contribution < -0.4 is 0 Å². The average molecular weight is 444 g/mol. The van der Waals surface area contributed by atoms with E-state index in [0.29, 0.717) is 7.92 Å². The van der Waals surface area contributed by atoms with Crippen molar-refractivity contribution in [2.45, 2.75) is 6.92 Å². The molecule has 0 spiro atoms. The second-order valence-corrected chi connectivity index (χ2v) is 5.62. The average Bonchev–Trinajstić information content (AvgIpc) is 2.78. The molecule has 0 heterocycles. The molecule has 0 atom stereocenters. The van der Waals surface area contributed by atoms with Crippen LogP contribution in [-0.2, 0) is 24.3 Å². The fraction of sp³-hybridized carbons (Fsp3) is 0.364. The Hall–Kier alpha value is 1.25. The van der Waals surface area contributed by atoms with E-state index in [9.17, 15) is 4.79 Å². The Morgan fingerprint density at radius 1 is 1.12 bits per heavy atom. The molecule has 0 bridgehead atoms. The van der Waals surface area contributed by atoms with Crippen LogP contribution in [0.25, 0.3) is 0 Å². The van der Waals surface area contributed by atoms with Gasteiger partial charge in [0.05, 0.1) is 0 Å². The summed E-state index contributed by atoms with van der Waals surface area (Å²) in [6.45, 7) is 7.99. The number of esters is 1. The van der Waals surface area contributed by atoms with Crippen molar-refractivity contribution in [1.29, 1.82) is 0 Å². The first-order chi connectivity index (χ1) is 7.50. The minimum atomic E-state index is -0.356. The van der Waals surface area contributed by atoms with Crippen LogP contribution in [0.3, 0.4) is 0 Å². The number of carbonyl (C=O) groups excluding carboxylic acids is 1. The first-order valence-electron chi connectivity index (χ1n) is 4.33. The third-order valence-electron chi connectivity index (χ3n) is 0.759. The molecule has 0 N–H and O–H groups in total. The summed E-state index contributed by atoms with van der Waals surface area (Å²) < 4.78 is 3.86. The first kappa shape index (κ1) is 22.4. The van der Waals surface area contributed by atoms with Crippen molar-refractivity contribution in [1.82, 2.24) is 0 Å². The van der Waals surface area contributed by atoms with E-state index in [1.165, 1.54) is 6.92 Å². The molecule has 0 saturated heterocycles. The van der Waals surface area contributed by atoms with Gasteiger partial charge >= 0.3 is 34.5 Å². The van der Waals surface area contributed by atoms with Crippen molar-refractivity contribution in [3.63, 3.8) is 0 Å². The summed E-state index contributed by atoms with van der Waals surface area (Å²) in [5.74, 6) is -0.356. The zero-order chi connectivity index (χ0) is 13.4. The van der Waals surface area contributed by atoms with Gasteiger partial charge < -0.3 is 4.74 Å². The van der Waals surface area contributed by atoms with Gasteiger partial charge in [0, 0.05) is 6.92 Å². The zero-order valence-corrected chi connectivity index (χ0v) is 14.8. The summed E-state index contributed by atoms with van der Waals surface area (Å²) in [5, 5.41) is 0. The fourth-order valence-corrected chi connectivity index (χ4v) is 0.321. The molecule has 0 unspecified atom stereocenters. The number of carbonyl (C=O) groups is 1. The summed E-state index contributed by atoms with van der Waals surface area (Å²) in [6, 6.07) is 0. The van der Waals surface area contributed by atoms with E-state index >= 15 is 0 Å². The molecule has 1 fully saturated rings. The number of hydrogen-bond acceptors (Lipinski definition) is 2. The van der Waals surface area contributed by atoms with Gasteiger partial charge in [-0.05, 0) is 52.1 Å². The molecule has 0 amide bonds. The van der Waals surface area contributed by atoms with Gasteiger partial charge in [-0.2, -0.15) is 7.11 Å². The Bertz CT molecular complexity index is 121. The summed E-state index contributed by atoms with van der Waals surface area (Å²) in [4.78, 5) is 9.53. The van der Waals surface area contributed by atoms with E-state index in [2.05, 4.69) is 46.6 Å². The Labute approximate surface area is 123 Å². The van der Waals surface area contributed by atoms with Gasteiger partial charge in [0.1, 0.15) is 0 Å². The molecule has 16 heavy (non-hydrogen) atoms. The van der Waals surface area contributed by atoms with Crippen LogP contribution in [0.1, 0.15) is 6.92 Å². The zero-order valence-electron chi connectivity index (χ0n) is 10.1. The molecule has 1 saturated carbocycles. The van der Waals surface area contributed by atoms with Crippen LogP contribution in [0, 0.1) is 39.2 Å². The summed E-state index contributed by atoms with van der Waals surface area (Å²) in [7, 11) is 3.22. The van der Waals surface area contributed by atoms with Gasteiger partial charge in [-0.3, -0.25) is 4.79 Å².